The van der Waals surface area contributed by atoms with Gasteiger partial charge in [-0.15, -0.1) is 0 Å². The Labute approximate surface area is 137 Å². The highest BCUT2D eigenvalue weighted by atomic mass is 16.4. The number of benzene rings is 2. The number of anilines is 1. The Hall–Kier alpha value is -3.59. The molecular weight excluding hydrogens is 306 g/mol. The molecule has 3 aromatic rings. The van der Waals surface area contributed by atoms with Crippen molar-refractivity contribution >= 4 is 28.5 Å². The number of hydrogen-bond acceptors (Lipinski definition) is 3. The maximum atomic E-state index is 12.6. The van der Waals surface area contributed by atoms with Gasteiger partial charge in [-0.2, -0.15) is 5.26 Å². The second kappa shape index (κ2) is 5.89. The van der Waals surface area contributed by atoms with Crippen molar-refractivity contribution in [1.82, 2.24) is 4.57 Å². The average Bonchev–Trinajstić information content (AvgIpc) is 2.92. The first-order valence-corrected chi connectivity index (χ1v) is 7.14. The van der Waals surface area contributed by atoms with Gasteiger partial charge in [0.05, 0.1) is 28.4 Å². The van der Waals surface area contributed by atoms with Gasteiger partial charge >= 0.3 is 5.97 Å². The average molecular weight is 319 g/mol. The molecule has 0 fully saturated rings. The molecule has 0 atom stereocenters. The number of para-hydroxylation sites is 1. The number of carbonyl (C=O) groups is 2. The van der Waals surface area contributed by atoms with E-state index in [2.05, 4.69) is 5.32 Å². The number of carboxylic acids is 1. The molecule has 1 aromatic heterocycles. The van der Waals surface area contributed by atoms with Crippen molar-refractivity contribution in [2.75, 3.05) is 5.32 Å². The summed E-state index contributed by atoms with van der Waals surface area (Å²) >= 11 is 0. The lowest BCUT2D eigenvalue weighted by Crippen LogP contribution is -2.14. The fourth-order valence-electron chi connectivity index (χ4n) is 2.61. The van der Waals surface area contributed by atoms with Crippen molar-refractivity contribution in [3.8, 4) is 6.07 Å². The zero-order chi connectivity index (χ0) is 17.3. The lowest BCUT2D eigenvalue weighted by molar-refractivity contribution is 0.0698. The summed E-state index contributed by atoms with van der Waals surface area (Å²) in [6.45, 7) is 0. The lowest BCUT2D eigenvalue weighted by Gasteiger charge is -2.08. The Balaban J connectivity index is 2.01. The van der Waals surface area contributed by atoms with Crippen LogP contribution in [0.1, 0.15) is 26.3 Å². The molecule has 3 rings (SSSR count). The van der Waals surface area contributed by atoms with Crippen LogP contribution < -0.4 is 5.32 Å². The standard InChI is InChI=1S/C18H13N3O3/c1-21-10-14(12-4-2-3-5-16(12)21)17(22)20-15-7-6-11(9-19)8-13(15)18(23)24/h2-8,10H,1H3,(H,20,22)(H,23,24). The van der Waals surface area contributed by atoms with E-state index < -0.39 is 11.9 Å². The van der Waals surface area contributed by atoms with Crippen LogP contribution in [0.3, 0.4) is 0 Å². The SMILES string of the molecule is Cn1cc(C(=O)Nc2ccc(C#N)cc2C(=O)O)c2ccccc21. The lowest BCUT2D eigenvalue weighted by atomic mass is 10.1. The van der Waals surface area contributed by atoms with E-state index in [1.165, 1.54) is 18.2 Å². The number of carbonyl (C=O) groups excluding carboxylic acids is 1. The third-order valence-corrected chi connectivity index (χ3v) is 3.77. The van der Waals surface area contributed by atoms with E-state index in [-0.39, 0.29) is 16.8 Å². The summed E-state index contributed by atoms with van der Waals surface area (Å²) in [7, 11) is 1.84. The first-order chi connectivity index (χ1) is 11.5. The van der Waals surface area contributed by atoms with Gasteiger partial charge in [0.25, 0.3) is 5.91 Å². The molecule has 24 heavy (non-hydrogen) atoms. The highest BCUT2D eigenvalue weighted by Gasteiger charge is 2.17. The molecule has 2 N–H and O–H groups in total. The quantitative estimate of drug-likeness (QED) is 0.775. The number of rotatable bonds is 3. The minimum absolute atomic E-state index is 0.123. The van der Waals surface area contributed by atoms with Crippen molar-refractivity contribution in [3.05, 3.63) is 65.4 Å². The van der Waals surface area contributed by atoms with Gasteiger partial charge in [0.1, 0.15) is 0 Å². The van der Waals surface area contributed by atoms with Gasteiger partial charge in [-0.05, 0) is 24.3 Å². The van der Waals surface area contributed by atoms with Crippen LogP contribution in [-0.4, -0.2) is 21.6 Å². The van der Waals surface area contributed by atoms with Crippen LogP contribution in [0.5, 0.6) is 0 Å². The summed E-state index contributed by atoms with van der Waals surface area (Å²) in [5.41, 5.74) is 1.60. The first-order valence-electron chi connectivity index (χ1n) is 7.14. The van der Waals surface area contributed by atoms with Crippen LogP contribution in [0.15, 0.2) is 48.7 Å². The molecule has 0 saturated heterocycles. The number of carboxylic acid groups (broad SMARTS) is 1. The van der Waals surface area contributed by atoms with Gasteiger partial charge < -0.3 is 15.0 Å². The second-order valence-electron chi connectivity index (χ2n) is 5.30. The van der Waals surface area contributed by atoms with E-state index >= 15 is 0 Å². The number of aromatic nitrogens is 1. The number of hydrogen-bond donors (Lipinski definition) is 2. The summed E-state index contributed by atoms with van der Waals surface area (Å²) < 4.78 is 1.83. The number of nitriles is 1. The molecule has 0 aliphatic heterocycles. The Morgan fingerprint density at radius 2 is 1.92 bits per heavy atom. The Bertz CT molecular complexity index is 1010. The highest BCUT2D eigenvalue weighted by Crippen LogP contribution is 2.23. The fourth-order valence-corrected chi connectivity index (χ4v) is 2.61. The highest BCUT2D eigenvalue weighted by molar-refractivity contribution is 6.14. The molecular formula is C18H13N3O3. The number of aryl methyl sites for hydroxylation is 1. The third-order valence-electron chi connectivity index (χ3n) is 3.77. The maximum Gasteiger partial charge on any atom is 0.337 e. The molecule has 6 nitrogen and oxygen atoms in total. The molecule has 0 aliphatic carbocycles. The molecule has 0 bridgehead atoms. The molecule has 1 amide bonds. The largest absolute Gasteiger partial charge is 0.478 e. The Morgan fingerprint density at radius 1 is 1.17 bits per heavy atom. The van der Waals surface area contributed by atoms with Crippen LogP contribution in [0.25, 0.3) is 10.9 Å². The number of amides is 1. The number of nitrogens with one attached hydrogen (secondary N) is 1. The van der Waals surface area contributed by atoms with Crippen LogP contribution in [0.4, 0.5) is 5.69 Å². The van der Waals surface area contributed by atoms with Crippen molar-refractivity contribution in [1.29, 1.82) is 5.26 Å². The number of fused-ring (bicyclic) bond motifs is 1. The van der Waals surface area contributed by atoms with Crippen molar-refractivity contribution < 1.29 is 14.7 Å². The zero-order valence-corrected chi connectivity index (χ0v) is 12.8. The van der Waals surface area contributed by atoms with Gasteiger partial charge in [0.2, 0.25) is 0 Å². The molecule has 0 radical (unpaired) electrons. The predicted octanol–water partition coefficient (Wildman–Crippen LogP) is 3.00. The van der Waals surface area contributed by atoms with E-state index in [1.807, 2.05) is 41.9 Å². The summed E-state index contributed by atoms with van der Waals surface area (Å²) in [4.78, 5) is 23.9. The van der Waals surface area contributed by atoms with E-state index in [0.29, 0.717) is 5.56 Å². The van der Waals surface area contributed by atoms with Gasteiger partial charge in [0, 0.05) is 24.1 Å². The Kier molecular flexibility index (Phi) is 3.76. The topological polar surface area (TPSA) is 95.1 Å². The zero-order valence-electron chi connectivity index (χ0n) is 12.8. The molecule has 0 aliphatic rings. The van der Waals surface area contributed by atoms with Gasteiger partial charge in [0.15, 0.2) is 0 Å². The van der Waals surface area contributed by atoms with Crippen LogP contribution in [0, 0.1) is 11.3 Å². The van der Waals surface area contributed by atoms with Crippen LogP contribution in [0.2, 0.25) is 0 Å². The summed E-state index contributed by atoms with van der Waals surface area (Å²) in [6.07, 6.45) is 1.70. The molecule has 118 valence electrons. The second-order valence-corrected chi connectivity index (χ2v) is 5.30. The molecule has 1 heterocycles. The van der Waals surface area contributed by atoms with Crippen LogP contribution >= 0.6 is 0 Å². The van der Waals surface area contributed by atoms with Crippen LogP contribution in [-0.2, 0) is 7.05 Å². The molecule has 0 saturated carbocycles. The molecule has 6 heteroatoms. The predicted molar refractivity (Wildman–Crippen MR) is 89.0 cm³/mol. The van der Waals surface area contributed by atoms with E-state index in [9.17, 15) is 14.7 Å². The van der Waals surface area contributed by atoms with E-state index in [4.69, 9.17) is 5.26 Å². The monoisotopic (exact) mass is 319 g/mol. The smallest absolute Gasteiger partial charge is 0.337 e. The summed E-state index contributed by atoms with van der Waals surface area (Å²) in [5.74, 6) is -1.61. The van der Waals surface area contributed by atoms with Crippen molar-refractivity contribution in [3.63, 3.8) is 0 Å². The minimum atomic E-state index is -1.21. The Morgan fingerprint density at radius 3 is 2.62 bits per heavy atom. The van der Waals surface area contributed by atoms with Crippen molar-refractivity contribution in [2.45, 2.75) is 0 Å². The molecule has 0 unspecified atom stereocenters. The van der Waals surface area contributed by atoms with Gasteiger partial charge in [-0.25, -0.2) is 4.79 Å². The van der Waals surface area contributed by atoms with E-state index in [0.717, 1.165) is 10.9 Å². The number of nitrogens with zero attached hydrogens (tertiary/aromatic N) is 2. The van der Waals surface area contributed by atoms with Crippen molar-refractivity contribution in [2.24, 2.45) is 7.05 Å². The van der Waals surface area contributed by atoms with E-state index in [1.54, 1.807) is 6.20 Å². The number of aromatic carboxylic acids is 1. The molecule has 2 aromatic carbocycles. The third kappa shape index (κ3) is 2.59. The maximum absolute atomic E-state index is 12.6. The summed E-state index contributed by atoms with van der Waals surface area (Å²) in [5, 5.41) is 21.6. The van der Waals surface area contributed by atoms with Gasteiger partial charge in [-0.3, -0.25) is 4.79 Å². The normalized spacial score (nSPS) is 10.3. The first kappa shape index (κ1) is 15.3. The minimum Gasteiger partial charge on any atom is -0.478 e. The molecule has 0 spiro atoms. The van der Waals surface area contributed by atoms with Gasteiger partial charge in [-0.1, -0.05) is 18.2 Å². The fraction of sp³-hybridized carbons (Fsp3) is 0.0556. The summed E-state index contributed by atoms with van der Waals surface area (Å²) in [6, 6.07) is 13.5.